The van der Waals surface area contributed by atoms with E-state index < -0.39 is 0 Å². The fraction of sp³-hybridized carbons (Fsp3) is 0.706. The lowest BCUT2D eigenvalue weighted by molar-refractivity contribution is 0.0374. The minimum Gasteiger partial charge on any atom is -0.379 e. The Hall–Kier alpha value is -0.910. The molecule has 0 aliphatic carbocycles. The molecule has 0 bridgehead atoms. The molecule has 1 amide bonds. The van der Waals surface area contributed by atoms with E-state index in [-0.39, 0.29) is 5.91 Å². The number of ether oxygens (including phenoxy) is 1. The van der Waals surface area contributed by atoms with Crippen molar-refractivity contribution in [1.82, 2.24) is 10.2 Å². The zero-order chi connectivity index (χ0) is 15.8. The zero-order valence-electron chi connectivity index (χ0n) is 13.8. The highest BCUT2D eigenvalue weighted by atomic mass is 32.1. The molecule has 1 N–H and O–H groups in total. The largest absolute Gasteiger partial charge is 0.379 e. The van der Waals surface area contributed by atoms with Gasteiger partial charge in [0, 0.05) is 24.5 Å². The molecule has 0 saturated carbocycles. The molecule has 1 aliphatic heterocycles. The number of carbonyl (C=O) groups is 1. The summed E-state index contributed by atoms with van der Waals surface area (Å²) in [6, 6.07) is 2.08. The van der Waals surface area contributed by atoms with Crippen molar-refractivity contribution in [2.45, 2.75) is 39.5 Å². The molecular weight excluding hydrogens is 296 g/mol. The Labute approximate surface area is 137 Å². The van der Waals surface area contributed by atoms with Crippen LogP contribution in [0.5, 0.6) is 0 Å². The summed E-state index contributed by atoms with van der Waals surface area (Å²) in [4.78, 5) is 16.9. The van der Waals surface area contributed by atoms with E-state index in [2.05, 4.69) is 30.1 Å². The average molecular weight is 324 g/mol. The quantitative estimate of drug-likeness (QED) is 0.748. The standard InChI is InChI=1S/C17H28N2O2S/c1-3-6-15-14(4-2)13-16(22-15)17(20)18-7-5-8-19-9-11-21-12-10-19/h13H,3-12H2,1-2H3,(H,18,20). The van der Waals surface area contributed by atoms with Crippen LogP contribution >= 0.6 is 11.3 Å². The smallest absolute Gasteiger partial charge is 0.261 e. The van der Waals surface area contributed by atoms with E-state index in [1.165, 1.54) is 10.4 Å². The van der Waals surface area contributed by atoms with E-state index in [0.29, 0.717) is 0 Å². The van der Waals surface area contributed by atoms with Gasteiger partial charge in [0.05, 0.1) is 18.1 Å². The second kappa shape index (κ2) is 9.28. The van der Waals surface area contributed by atoms with Crippen molar-refractivity contribution in [2.24, 2.45) is 0 Å². The van der Waals surface area contributed by atoms with E-state index in [4.69, 9.17) is 4.74 Å². The van der Waals surface area contributed by atoms with Gasteiger partial charge in [-0.05, 0) is 37.4 Å². The number of thiophene rings is 1. The third-order valence-corrected chi connectivity index (χ3v) is 5.25. The van der Waals surface area contributed by atoms with E-state index in [0.717, 1.165) is 70.0 Å². The maximum Gasteiger partial charge on any atom is 0.261 e. The normalized spacial score (nSPS) is 15.9. The summed E-state index contributed by atoms with van der Waals surface area (Å²) in [6.07, 6.45) is 4.22. The maximum atomic E-state index is 12.2. The molecule has 2 heterocycles. The molecule has 5 heteroatoms. The van der Waals surface area contributed by atoms with E-state index in [1.807, 2.05) is 0 Å². The van der Waals surface area contributed by atoms with Gasteiger partial charge in [-0.1, -0.05) is 20.3 Å². The first-order valence-corrected chi connectivity index (χ1v) is 9.26. The number of morpholine rings is 1. The Bertz CT molecular complexity index is 467. The predicted molar refractivity (Wildman–Crippen MR) is 91.9 cm³/mol. The third-order valence-electron chi connectivity index (χ3n) is 4.02. The summed E-state index contributed by atoms with van der Waals surface area (Å²) in [5, 5.41) is 3.06. The fourth-order valence-corrected chi connectivity index (χ4v) is 4.00. The van der Waals surface area contributed by atoms with Gasteiger partial charge < -0.3 is 10.1 Å². The maximum absolute atomic E-state index is 12.2. The van der Waals surface area contributed by atoms with Crippen LogP contribution in [0.1, 0.15) is 46.8 Å². The van der Waals surface area contributed by atoms with Crippen LogP contribution in [-0.4, -0.2) is 50.2 Å². The van der Waals surface area contributed by atoms with E-state index in [1.54, 1.807) is 11.3 Å². The SMILES string of the molecule is CCCc1sc(C(=O)NCCCN2CCOCC2)cc1CC. The number of hydrogen-bond acceptors (Lipinski definition) is 4. The van der Waals surface area contributed by atoms with Crippen molar-refractivity contribution in [3.05, 3.63) is 21.4 Å². The summed E-state index contributed by atoms with van der Waals surface area (Å²) in [6.45, 7) is 9.82. The van der Waals surface area contributed by atoms with Crippen molar-refractivity contribution in [1.29, 1.82) is 0 Å². The lowest BCUT2D eigenvalue weighted by Gasteiger charge is -2.26. The van der Waals surface area contributed by atoms with Gasteiger partial charge in [0.15, 0.2) is 0 Å². The van der Waals surface area contributed by atoms with Crippen LogP contribution in [0, 0.1) is 0 Å². The Morgan fingerprint density at radius 1 is 1.36 bits per heavy atom. The molecule has 1 aromatic heterocycles. The molecule has 1 aliphatic rings. The summed E-state index contributed by atoms with van der Waals surface area (Å²) in [7, 11) is 0. The molecule has 1 fully saturated rings. The molecule has 0 radical (unpaired) electrons. The number of nitrogens with zero attached hydrogens (tertiary/aromatic N) is 1. The van der Waals surface area contributed by atoms with Crippen LogP contribution in [-0.2, 0) is 17.6 Å². The molecule has 4 nitrogen and oxygen atoms in total. The number of carbonyl (C=O) groups excluding carboxylic acids is 1. The summed E-state index contributed by atoms with van der Waals surface area (Å²) < 4.78 is 5.34. The highest BCUT2D eigenvalue weighted by molar-refractivity contribution is 7.14. The van der Waals surface area contributed by atoms with Gasteiger partial charge in [-0.2, -0.15) is 0 Å². The zero-order valence-corrected chi connectivity index (χ0v) is 14.6. The van der Waals surface area contributed by atoms with Gasteiger partial charge in [-0.15, -0.1) is 11.3 Å². The minimum absolute atomic E-state index is 0.0871. The van der Waals surface area contributed by atoms with Gasteiger partial charge in [-0.25, -0.2) is 0 Å². The Kier molecular flexibility index (Phi) is 7.36. The second-order valence-corrected chi connectivity index (χ2v) is 6.86. The van der Waals surface area contributed by atoms with Crippen molar-refractivity contribution in [3.63, 3.8) is 0 Å². The second-order valence-electron chi connectivity index (χ2n) is 5.73. The summed E-state index contributed by atoms with van der Waals surface area (Å²) in [5.41, 5.74) is 1.34. The molecule has 1 aromatic rings. The lowest BCUT2D eigenvalue weighted by Crippen LogP contribution is -2.38. The Morgan fingerprint density at radius 3 is 2.82 bits per heavy atom. The number of amides is 1. The number of aryl methyl sites for hydroxylation is 2. The first-order valence-electron chi connectivity index (χ1n) is 8.44. The first-order chi connectivity index (χ1) is 10.7. The topological polar surface area (TPSA) is 41.6 Å². The lowest BCUT2D eigenvalue weighted by atomic mass is 10.1. The minimum atomic E-state index is 0.0871. The average Bonchev–Trinajstić information content (AvgIpc) is 2.96. The first kappa shape index (κ1) is 17.4. The fourth-order valence-electron chi connectivity index (χ4n) is 2.73. The van der Waals surface area contributed by atoms with Gasteiger partial charge >= 0.3 is 0 Å². The van der Waals surface area contributed by atoms with Crippen LogP contribution in [0.15, 0.2) is 6.07 Å². The Balaban J connectivity index is 1.74. The van der Waals surface area contributed by atoms with Gasteiger partial charge in [0.1, 0.15) is 0 Å². The number of nitrogens with one attached hydrogen (secondary N) is 1. The van der Waals surface area contributed by atoms with E-state index in [9.17, 15) is 4.79 Å². The molecule has 0 spiro atoms. The van der Waals surface area contributed by atoms with Crippen LogP contribution in [0.3, 0.4) is 0 Å². The molecule has 1 saturated heterocycles. The predicted octanol–water partition coefficient (Wildman–Crippen LogP) is 2.72. The molecule has 22 heavy (non-hydrogen) atoms. The Morgan fingerprint density at radius 2 is 2.14 bits per heavy atom. The number of rotatable bonds is 8. The van der Waals surface area contributed by atoms with Crippen LogP contribution < -0.4 is 5.32 Å². The monoisotopic (exact) mass is 324 g/mol. The van der Waals surface area contributed by atoms with Crippen LogP contribution in [0.2, 0.25) is 0 Å². The molecule has 2 rings (SSSR count). The van der Waals surface area contributed by atoms with Crippen molar-refractivity contribution in [2.75, 3.05) is 39.4 Å². The molecule has 124 valence electrons. The van der Waals surface area contributed by atoms with Crippen LogP contribution in [0.4, 0.5) is 0 Å². The van der Waals surface area contributed by atoms with Gasteiger partial charge in [0.25, 0.3) is 5.91 Å². The third kappa shape index (κ3) is 5.07. The van der Waals surface area contributed by atoms with Crippen molar-refractivity contribution in [3.8, 4) is 0 Å². The van der Waals surface area contributed by atoms with Crippen molar-refractivity contribution >= 4 is 17.2 Å². The van der Waals surface area contributed by atoms with Gasteiger partial charge in [0.2, 0.25) is 0 Å². The highest BCUT2D eigenvalue weighted by Gasteiger charge is 2.13. The summed E-state index contributed by atoms with van der Waals surface area (Å²) in [5.74, 6) is 0.0871. The number of hydrogen-bond donors (Lipinski definition) is 1. The summed E-state index contributed by atoms with van der Waals surface area (Å²) >= 11 is 1.66. The molecule has 0 unspecified atom stereocenters. The highest BCUT2D eigenvalue weighted by Crippen LogP contribution is 2.24. The molecular formula is C17H28N2O2S. The molecule has 0 aromatic carbocycles. The van der Waals surface area contributed by atoms with Crippen LogP contribution in [0.25, 0.3) is 0 Å². The molecule has 0 atom stereocenters. The van der Waals surface area contributed by atoms with E-state index >= 15 is 0 Å². The van der Waals surface area contributed by atoms with Crippen molar-refractivity contribution < 1.29 is 9.53 Å². The van der Waals surface area contributed by atoms with Gasteiger partial charge in [-0.3, -0.25) is 9.69 Å².